The lowest BCUT2D eigenvalue weighted by atomic mass is 10.1. The molecule has 0 unspecified atom stereocenters. The maximum atomic E-state index is 12.8. The van der Waals surface area contributed by atoms with Crippen molar-refractivity contribution in [1.29, 1.82) is 0 Å². The Hall–Kier alpha value is -3.19. The van der Waals surface area contributed by atoms with E-state index in [0.29, 0.717) is 17.8 Å². The van der Waals surface area contributed by atoms with Crippen LogP contribution in [-0.4, -0.2) is 37.6 Å². The monoisotopic (exact) mass is 439 g/mol. The Labute approximate surface area is 182 Å². The Kier molecular flexibility index (Phi) is 6.75. The minimum absolute atomic E-state index is 0.208. The summed E-state index contributed by atoms with van der Waals surface area (Å²) in [5.41, 5.74) is 3.07. The molecule has 0 saturated carbocycles. The van der Waals surface area contributed by atoms with E-state index in [1.165, 1.54) is 12.1 Å². The molecule has 1 aromatic heterocycles. The molecule has 0 saturated heterocycles. The van der Waals surface area contributed by atoms with E-state index in [2.05, 4.69) is 0 Å². The number of unbranched alkanes of at least 4 members (excludes halogenated alkanes) is 1. The maximum Gasteiger partial charge on any atom is 0.379 e. The van der Waals surface area contributed by atoms with Crippen LogP contribution in [0, 0.1) is 6.92 Å². The average Bonchev–Trinajstić information content (AvgIpc) is 3.10. The number of hydrogen-bond donors (Lipinski definition) is 0. The van der Waals surface area contributed by atoms with Crippen LogP contribution in [0.3, 0.4) is 0 Å². The molecule has 7 heteroatoms. The van der Waals surface area contributed by atoms with Gasteiger partial charge in [0.2, 0.25) is 0 Å². The van der Waals surface area contributed by atoms with Crippen molar-refractivity contribution in [3.8, 4) is 16.9 Å². The third kappa shape index (κ3) is 4.94. The minimum Gasteiger partial charge on any atom is -0.460 e. The van der Waals surface area contributed by atoms with Gasteiger partial charge in [-0.05, 0) is 49.2 Å². The molecule has 0 fully saturated rings. The molecule has 0 radical (unpaired) electrons. The lowest BCUT2D eigenvalue weighted by Gasteiger charge is -2.12. The number of Topliss-reactive ketones (excluding diaryl/α,β-unsaturated/α-hetero) is 1. The molecule has 0 atom stereocenters. The quantitative estimate of drug-likeness (QED) is 0.225. The van der Waals surface area contributed by atoms with Crippen molar-refractivity contribution in [1.82, 2.24) is 4.57 Å². The summed E-state index contributed by atoms with van der Waals surface area (Å²) in [4.78, 5) is 25.3. The van der Waals surface area contributed by atoms with Crippen LogP contribution >= 0.6 is 0 Å². The maximum absolute atomic E-state index is 12.8. The summed E-state index contributed by atoms with van der Waals surface area (Å²) in [6.07, 6.45) is 2.71. The molecule has 162 valence electrons. The lowest BCUT2D eigenvalue weighted by Crippen LogP contribution is -2.18. The summed E-state index contributed by atoms with van der Waals surface area (Å²) < 4.78 is 30.6. The van der Waals surface area contributed by atoms with Crippen LogP contribution < -0.4 is 0 Å². The third-order valence-electron chi connectivity index (χ3n) is 5.00. The highest BCUT2D eigenvalue weighted by Gasteiger charge is 2.25. The first-order valence-electron chi connectivity index (χ1n) is 10.0. The predicted molar refractivity (Wildman–Crippen MR) is 119 cm³/mol. The standard InChI is InChI=1S/C24H25NO5S/c1-4-5-15-30-24(27)23(26)21-16-22(18-11-13-20(14-12-18)31(3,28)29)25(17(21)2)19-9-7-6-8-10-19/h6-14,16H,4-5,15H2,1-3H3. The SMILES string of the molecule is CCCCOC(=O)C(=O)c1cc(-c2ccc(S(C)(=O)=O)cc2)n(-c2ccccc2)c1C. The fraction of sp³-hybridized carbons (Fsp3) is 0.250. The van der Waals surface area contributed by atoms with Gasteiger partial charge in [0, 0.05) is 17.6 Å². The van der Waals surface area contributed by atoms with Crippen LogP contribution in [0.2, 0.25) is 0 Å². The molecular formula is C24H25NO5S. The van der Waals surface area contributed by atoms with Crippen LogP contribution in [-0.2, 0) is 19.4 Å². The molecule has 31 heavy (non-hydrogen) atoms. The van der Waals surface area contributed by atoms with Gasteiger partial charge in [-0.2, -0.15) is 0 Å². The summed E-state index contributed by atoms with van der Waals surface area (Å²) >= 11 is 0. The largest absolute Gasteiger partial charge is 0.460 e. The second kappa shape index (κ2) is 9.31. The molecule has 0 aliphatic rings. The van der Waals surface area contributed by atoms with E-state index in [1.54, 1.807) is 25.1 Å². The van der Waals surface area contributed by atoms with Crippen molar-refractivity contribution in [2.45, 2.75) is 31.6 Å². The Bertz CT molecular complexity index is 1190. The minimum atomic E-state index is -3.32. The van der Waals surface area contributed by atoms with Crippen molar-refractivity contribution in [2.75, 3.05) is 12.9 Å². The topological polar surface area (TPSA) is 82.4 Å². The summed E-state index contributed by atoms with van der Waals surface area (Å²) in [5, 5.41) is 0. The van der Waals surface area contributed by atoms with Crippen LogP contribution in [0.15, 0.2) is 65.6 Å². The smallest absolute Gasteiger partial charge is 0.379 e. The number of benzene rings is 2. The van der Waals surface area contributed by atoms with Gasteiger partial charge in [-0.15, -0.1) is 0 Å². The first-order valence-corrected chi connectivity index (χ1v) is 11.9. The van der Waals surface area contributed by atoms with E-state index < -0.39 is 21.6 Å². The zero-order chi connectivity index (χ0) is 22.6. The third-order valence-corrected chi connectivity index (χ3v) is 6.13. The van der Waals surface area contributed by atoms with Crippen molar-refractivity contribution < 1.29 is 22.7 Å². The van der Waals surface area contributed by atoms with Crippen LogP contribution in [0.1, 0.15) is 35.8 Å². The summed E-state index contributed by atoms with van der Waals surface area (Å²) in [5.74, 6) is -1.57. The first-order chi connectivity index (χ1) is 14.7. The molecule has 0 aliphatic heterocycles. The molecule has 6 nitrogen and oxygen atoms in total. The molecule has 0 aliphatic carbocycles. The van der Waals surface area contributed by atoms with Crippen molar-refractivity contribution in [3.05, 3.63) is 71.9 Å². The number of para-hydroxylation sites is 1. The van der Waals surface area contributed by atoms with Gasteiger partial charge < -0.3 is 9.30 Å². The molecule has 0 spiro atoms. The van der Waals surface area contributed by atoms with Gasteiger partial charge in [0.1, 0.15) is 0 Å². The van der Waals surface area contributed by atoms with E-state index >= 15 is 0 Å². The highest BCUT2D eigenvalue weighted by molar-refractivity contribution is 7.90. The molecule has 0 N–H and O–H groups in total. The normalized spacial score (nSPS) is 11.3. The second-order valence-corrected chi connectivity index (χ2v) is 9.33. The van der Waals surface area contributed by atoms with E-state index in [1.807, 2.05) is 41.8 Å². The summed E-state index contributed by atoms with van der Waals surface area (Å²) in [6, 6.07) is 17.5. The van der Waals surface area contributed by atoms with Gasteiger partial charge in [-0.25, -0.2) is 13.2 Å². The lowest BCUT2D eigenvalue weighted by molar-refractivity contribution is -0.138. The van der Waals surface area contributed by atoms with Gasteiger partial charge in [0.25, 0.3) is 5.78 Å². The fourth-order valence-electron chi connectivity index (χ4n) is 3.32. The molecule has 0 amide bonds. The zero-order valence-corrected chi connectivity index (χ0v) is 18.6. The number of sulfone groups is 1. The molecule has 3 rings (SSSR count). The molecule has 3 aromatic rings. The van der Waals surface area contributed by atoms with Gasteiger partial charge in [0.05, 0.1) is 22.8 Å². The number of carbonyl (C=O) groups is 2. The van der Waals surface area contributed by atoms with Gasteiger partial charge in [-0.3, -0.25) is 4.79 Å². The highest BCUT2D eigenvalue weighted by Crippen LogP contribution is 2.30. The van der Waals surface area contributed by atoms with Gasteiger partial charge >= 0.3 is 5.97 Å². The van der Waals surface area contributed by atoms with Crippen LogP contribution in [0.25, 0.3) is 16.9 Å². The highest BCUT2D eigenvalue weighted by atomic mass is 32.2. The Morgan fingerprint density at radius 2 is 1.65 bits per heavy atom. The van der Waals surface area contributed by atoms with Crippen LogP contribution in [0.4, 0.5) is 0 Å². The molecule has 2 aromatic carbocycles. The van der Waals surface area contributed by atoms with Crippen LogP contribution in [0.5, 0.6) is 0 Å². The van der Waals surface area contributed by atoms with E-state index in [0.717, 1.165) is 23.9 Å². The Balaban J connectivity index is 2.09. The molecule has 0 bridgehead atoms. The number of aromatic nitrogens is 1. The number of rotatable bonds is 8. The summed E-state index contributed by atoms with van der Waals surface area (Å²) in [6.45, 7) is 3.95. The zero-order valence-electron chi connectivity index (χ0n) is 17.8. The number of esters is 1. The van der Waals surface area contributed by atoms with Crippen molar-refractivity contribution in [3.63, 3.8) is 0 Å². The fourth-order valence-corrected chi connectivity index (χ4v) is 3.95. The van der Waals surface area contributed by atoms with E-state index in [9.17, 15) is 18.0 Å². The molecule has 1 heterocycles. The number of ketones is 1. The average molecular weight is 440 g/mol. The predicted octanol–water partition coefficient (Wildman–Crippen LogP) is 4.38. The Morgan fingerprint density at radius 3 is 2.23 bits per heavy atom. The Morgan fingerprint density at radius 1 is 1.00 bits per heavy atom. The van der Waals surface area contributed by atoms with E-state index in [-0.39, 0.29) is 17.1 Å². The number of nitrogens with zero attached hydrogens (tertiary/aromatic N) is 1. The van der Waals surface area contributed by atoms with Crippen molar-refractivity contribution in [2.24, 2.45) is 0 Å². The molecular weight excluding hydrogens is 414 g/mol. The number of ether oxygens (including phenoxy) is 1. The van der Waals surface area contributed by atoms with E-state index in [4.69, 9.17) is 4.74 Å². The van der Waals surface area contributed by atoms with Crippen molar-refractivity contribution >= 4 is 21.6 Å². The van der Waals surface area contributed by atoms with Gasteiger partial charge in [-0.1, -0.05) is 43.7 Å². The second-order valence-electron chi connectivity index (χ2n) is 7.31. The summed E-state index contributed by atoms with van der Waals surface area (Å²) in [7, 11) is -3.32. The number of carbonyl (C=O) groups excluding carboxylic acids is 2. The number of hydrogen-bond acceptors (Lipinski definition) is 5. The van der Waals surface area contributed by atoms with Gasteiger partial charge in [0.15, 0.2) is 9.84 Å². The first kappa shape index (κ1) is 22.5.